The van der Waals surface area contributed by atoms with Gasteiger partial charge in [0.25, 0.3) is 10.0 Å². The van der Waals surface area contributed by atoms with Crippen molar-refractivity contribution in [3.8, 4) is 17.2 Å². The van der Waals surface area contributed by atoms with E-state index in [1.54, 1.807) is 24.3 Å². The van der Waals surface area contributed by atoms with Crippen molar-refractivity contribution in [2.75, 3.05) is 31.7 Å². The number of anilines is 1. The fourth-order valence-corrected chi connectivity index (χ4v) is 6.25. The van der Waals surface area contributed by atoms with E-state index in [1.165, 1.54) is 37.3 Å². The Labute approximate surface area is 261 Å². The summed E-state index contributed by atoms with van der Waals surface area (Å²) in [6.45, 7) is 9.33. The van der Waals surface area contributed by atoms with Crippen molar-refractivity contribution < 1.29 is 32.2 Å². The second-order valence-corrected chi connectivity index (χ2v) is 12.4. The van der Waals surface area contributed by atoms with E-state index >= 15 is 0 Å². The Kier molecular flexibility index (Phi) is 12.0. The summed E-state index contributed by atoms with van der Waals surface area (Å²) >= 11 is 0. The Morgan fingerprint density at radius 3 is 2.16 bits per heavy atom. The zero-order valence-electron chi connectivity index (χ0n) is 26.5. The van der Waals surface area contributed by atoms with Crippen LogP contribution >= 0.6 is 0 Å². The number of hydrogen-bond acceptors (Lipinski definition) is 7. The van der Waals surface area contributed by atoms with Crippen LogP contribution in [0.25, 0.3) is 0 Å². The van der Waals surface area contributed by atoms with Gasteiger partial charge in [0.15, 0.2) is 11.5 Å². The summed E-state index contributed by atoms with van der Waals surface area (Å²) in [5.41, 5.74) is 2.08. The molecule has 44 heavy (non-hydrogen) atoms. The van der Waals surface area contributed by atoms with Crippen LogP contribution < -0.4 is 23.8 Å². The molecule has 0 aliphatic rings. The van der Waals surface area contributed by atoms with Gasteiger partial charge in [-0.1, -0.05) is 36.8 Å². The number of aryl methyl sites for hydroxylation is 1. The second-order valence-electron chi connectivity index (χ2n) is 10.6. The second kappa shape index (κ2) is 15.5. The highest BCUT2D eigenvalue weighted by Gasteiger charge is 2.34. The fourth-order valence-electron chi connectivity index (χ4n) is 4.82. The van der Waals surface area contributed by atoms with Gasteiger partial charge in [0, 0.05) is 18.7 Å². The molecule has 0 saturated heterocycles. The Morgan fingerprint density at radius 2 is 1.59 bits per heavy atom. The lowest BCUT2D eigenvalue weighted by Crippen LogP contribution is -2.53. The van der Waals surface area contributed by atoms with Crippen LogP contribution in [0.5, 0.6) is 17.2 Å². The normalized spacial score (nSPS) is 11.9. The number of hydrogen-bond donors (Lipinski definition) is 1. The molecule has 1 N–H and O–H groups in total. The molecule has 0 spiro atoms. The van der Waals surface area contributed by atoms with Crippen LogP contribution in [0.4, 0.5) is 5.69 Å². The first-order valence-corrected chi connectivity index (χ1v) is 16.0. The summed E-state index contributed by atoms with van der Waals surface area (Å²) in [6, 6.07) is 17.4. The highest BCUT2D eigenvalue weighted by atomic mass is 32.2. The van der Waals surface area contributed by atoms with E-state index in [0.717, 1.165) is 15.4 Å². The monoisotopic (exact) mass is 625 g/mol. The molecule has 0 aliphatic heterocycles. The summed E-state index contributed by atoms with van der Waals surface area (Å²) < 4.78 is 45.7. The predicted octanol–water partition coefficient (Wildman–Crippen LogP) is 4.94. The molecule has 0 aromatic heterocycles. The lowest BCUT2D eigenvalue weighted by Gasteiger charge is -2.33. The van der Waals surface area contributed by atoms with Crippen LogP contribution in [0.15, 0.2) is 71.6 Å². The minimum absolute atomic E-state index is 0.0911. The van der Waals surface area contributed by atoms with Crippen molar-refractivity contribution in [3.05, 3.63) is 77.9 Å². The molecule has 1 atom stereocenters. The molecule has 3 aromatic rings. The smallest absolute Gasteiger partial charge is 0.264 e. The van der Waals surface area contributed by atoms with Gasteiger partial charge < -0.3 is 24.4 Å². The van der Waals surface area contributed by atoms with Crippen LogP contribution in [0.2, 0.25) is 0 Å². The van der Waals surface area contributed by atoms with Gasteiger partial charge in [-0.25, -0.2) is 8.42 Å². The number of sulfonamides is 1. The molecule has 3 rings (SSSR count). The molecule has 0 bridgehead atoms. The summed E-state index contributed by atoms with van der Waals surface area (Å²) in [5.74, 6) is 0.308. The van der Waals surface area contributed by atoms with Crippen molar-refractivity contribution in [2.24, 2.45) is 0 Å². The van der Waals surface area contributed by atoms with Gasteiger partial charge in [-0.3, -0.25) is 13.9 Å². The zero-order chi connectivity index (χ0) is 32.4. The van der Waals surface area contributed by atoms with E-state index in [0.29, 0.717) is 24.5 Å². The first-order valence-electron chi connectivity index (χ1n) is 14.6. The highest BCUT2D eigenvalue weighted by Crippen LogP contribution is 2.33. The molecule has 2 amide bonds. The molecule has 0 radical (unpaired) electrons. The van der Waals surface area contributed by atoms with E-state index in [4.69, 9.17) is 14.2 Å². The van der Waals surface area contributed by atoms with E-state index in [2.05, 4.69) is 5.32 Å². The van der Waals surface area contributed by atoms with Gasteiger partial charge in [0.2, 0.25) is 11.8 Å². The maximum absolute atomic E-state index is 14.2. The van der Waals surface area contributed by atoms with Crippen LogP contribution in [0.3, 0.4) is 0 Å². The number of benzene rings is 3. The molecule has 0 unspecified atom stereocenters. The number of nitrogens with one attached hydrogen (secondary N) is 1. The Bertz CT molecular complexity index is 1520. The Morgan fingerprint density at radius 1 is 0.909 bits per heavy atom. The third-order valence-electron chi connectivity index (χ3n) is 6.91. The molecule has 0 heterocycles. The average Bonchev–Trinajstić information content (AvgIpc) is 2.99. The highest BCUT2D eigenvalue weighted by molar-refractivity contribution is 7.92. The molecule has 3 aromatic carbocycles. The number of methoxy groups -OCH3 is 2. The molecular formula is C33H43N3O7S. The summed E-state index contributed by atoms with van der Waals surface area (Å²) in [5, 5.41) is 2.90. The van der Waals surface area contributed by atoms with Crippen molar-refractivity contribution in [1.82, 2.24) is 10.2 Å². The maximum Gasteiger partial charge on any atom is 0.264 e. The SMILES string of the molecule is CCOc1ccc(N(CC(=O)N(Cc2cccc(C)c2)[C@@H](CC)C(=O)NC(C)C)S(=O)(=O)c2ccc(OC)c(OC)c2)cc1. The molecule has 10 nitrogen and oxygen atoms in total. The largest absolute Gasteiger partial charge is 0.494 e. The average molecular weight is 626 g/mol. The number of carbonyl (C=O) groups is 2. The molecule has 11 heteroatoms. The van der Waals surface area contributed by atoms with Gasteiger partial charge in [-0.2, -0.15) is 0 Å². The van der Waals surface area contributed by atoms with Crippen molar-refractivity contribution in [2.45, 2.75) is 64.6 Å². The minimum atomic E-state index is -4.31. The zero-order valence-corrected chi connectivity index (χ0v) is 27.3. The van der Waals surface area contributed by atoms with Crippen molar-refractivity contribution in [3.63, 3.8) is 0 Å². The van der Waals surface area contributed by atoms with E-state index in [9.17, 15) is 18.0 Å². The fraction of sp³-hybridized carbons (Fsp3) is 0.394. The van der Waals surface area contributed by atoms with Crippen LogP contribution in [0.1, 0.15) is 45.2 Å². The number of carbonyl (C=O) groups excluding carboxylic acids is 2. The lowest BCUT2D eigenvalue weighted by molar-refractivity contribution is -0.140. The van der Waals surface area contributed by atoms with Crippen LogP contribution in [0, 0.1) is 6.92 Å². The number of nitrogens with zero attached hydrogens (tertiary/aromatic N) is 2. The van der Waals surface area contributed by atoms with Gasteiger partial charge >= 0.3 is 0 Å². The lowest BCUT2D eigenvalue weighted by atomic mass is 10.1. The van der Waals surface area contributed by atoms with Crippen molar-refractivity contribution >= 4 is 27.5 Å². The summed E-state index contributed by atoms with van der Waals surface area (Å²) in [4.78, 5) is 28.9. The van der Waals surface area contributed by atoms with E-state index < -0.39 is 28.5 Å². The van der Waals surface area contributed by atoms with Crippen LogP contribution in [-0.2, 0) is 26.2 Å². The molecule has 0 fully saturated rings. The first kappa shape index (κ1) is 34.2. The standard InChI is InChI=1S/C33H43N3O7S/c1-8-29(33(38)34-23(3)4)35(21-25-12-10-11-24(5)19-25)32(37)22-36(26-13-15-27(16-14-26)43-9-2)44(39,40)28-17-18-30(41-6)31(20-28)42-7/h10-20,23,29H,8-9,21-22H2,1-7H3,(H,34,38)/t29-/m0/s1. The minimum Gasteiger partial charge on any atom is -0.494 e. The van der Waals surface area contributed by atoms with Crippen molar-refractivity contribution in [1.29, 1.82) is 0 Å². The predicted molar refractivity (Wildman–Crippen MR) is 171 cm³/mol. The molecule has 238 valence electrons. The number of rotatable bonds is 15. The van der Waals surface area contributed by atoms with Gasteiger partial charge in [0.05, 0.1) is 31.4 Å². The summed E-state index contributed by atoms with van der Waals surface area (Å²) in [6.07, 6.45) is 0.335. The quantitative estimate of drug-likeness (QED) is 0.255. The summed E-state index contributed by atoms with van der Waals surface area (Å²) in [7, 11) is -1.44. The van der Waals surface area contributed by atoms with E-state index in [1.807, 2.05) is 58.9 Å². The topological polar surface area (TPSA) is 114 Å². The van der Waals surface area contributed by atoms with Gasteiger partial charge in [0.1, 0.15) is 18.3 Å². The molecule has 0 aliphatic carbocycles. The third kappa shape index (κ3) is 8.43. The Hall–Kier alpha value is -4.25. The third-order valence-corrected chi connectivity index (χ3v) is 8.68. The Balaban J connectivity index is 2.12. The van der Waals surface area contributed by atoms with E-state index in [-0.39, 0.29) is 34.8 Å². The molecular weight excluding hydrogens is 582 g/mol. The molecule has 0 saturated carbocycles. The number of ether oxygens (including phenoxy) is 3. The maximum atomic E-state index is 14.2. The van der Waals surface area contributed by atoms with Gasteiger partial charge in [-0.05, 0) is 76.1 Å². The number of amides is 2. The van der Waals surface area contributed by atoms with Crippen LogP contribution in [-0.4, -0.2) is 64.6 Å². The first-order chi connectivity index (χ1) is 20.9. The van der Waals surface area contributed by atoms with Gasteiger partial charge in [-0.15, -0.1) is 0 Å².